The summed E-state index contributed by atoms with van der Waals surface area (Å²) in [6, 6.07) is 11.2. The summed E-state index contributed by atoms with van der Waals surface area (Å²) >= 11 is 0. The first kappa shape index (κ1) is 17.4. The van der Waals surface area contributed by atoms with Gasteiger partial charge in [-0.1, -0.05) is 18.2 Å². The molecule has 27 heavy (non-hydrogen) atoms. The molecule has 0 N–H and O–H groups in total. The topological polar surface area (TPSA) is 64.8 Å². The summed E-state index contributed by atoms with van der Waals surface area (Å²) in [5, 5.41) is 11.2. The highest BCUT2D eigenvalue weighted by Gasteiger charge is 2.58. The Balaban J connectivity index is 1.91. The molecule has 0 amide bonds. The first-order valence-corrected chi connectivity index (χ1v) is 8.97. The summed E-state index contributed by atoms with van der Waals surface area (Å²) in [6.07, 6.45) is 3.92. The van der Waals surface area contributed by atoms with Gasteiger partial charge in [-0.05, 0) is 44.6 Å². The van der Waals surface area contributed by atoms with Crippen LogP contribution >= 0.6 is 0 Å². The van der Waals surface area contributed by atoms with Crippen molar-refractivity contribution in [3.63, 3.8) is 0 Å². The Kier molecular flexibility index (Phi) is 3.70. The zero-order valence-electron chi connectivity index (χ0n) is 15.9. The molecule has 2 aliphatic heterocycles. The van der Waals surface area contributed by atoms with Gasteiger partial charge in [0.05, 0.1) is 23.5 Å². The maximum Gasteiger partial charge on any atom is 0.274 e. The number of nitro benzene ring substituents is 1. The molecule has 2 heterocycles. The quantitative estimate of drug-likeness (QED) is 0.590. The van der Waals surface area contributed by atoms with E-state index < -0.39 is 10.6 Å². The van der Waals surface area contributed by atoms with Gasteiger partial charge in [0.15, 0.2) is 11.5 Å². The summed E-state index contributed by atoms with van der Waals surface area (Å²) in [4.78, 5) is 13.0. The lowest BCUT2D eigenvalue weighted by Crippen LogP contribution is -2.59. The van der Waals surface area contributed by atoms with E-state index in [1.165, 1.54) is 24.8 Å². The smallest absolute Gasteiger partial charge is 0.274 e. The molecule has 0 saturated heterocycles. The molecule has 6 nitrogen and oxygen atoms in total. The Bertz CT molecular complexity index is 967. The van der Waals surface area contributed by atoms with E-state index in [-0.39, 0.29) is 11.1 Å². The van der Waals surface area contributed by atoms with Crippen molar-refractivity contribution in [2.24, 2.45) is 0 Å². The number of likely N-dealkylation sites (N-methyl/N-ethyl adjacent to an activating group) is 1. The molecule has 6 heteroatoms. The van der Waals surface area contributed by atoms with E-state index in [2.05, 4.69) is 37.8 Å². The molecule has 0 radical (unpaired) electrons. The molecule has 1 spiro atoms. The molecule has 0 bridgehead atoms. The average Bonchev–Trinajstić information content (AvgIpc) is 2.84. The first-order chi connectivity index (χ1) is 12.9. The van der Waals surface area contributed by atoms with Crippen molar-refractivity contribution in [3.05, 3.63) is 63.7 Å². The average molecular weight is 366 g/mol. The van der Waals surface area contributed by atoms with Crippen molar-refractivity contribution in [1.82, 2.24) is 0 Å². The molecule has 1 atom stereocenters. The number of methoxy groups -OCH3 is 1. The van der Waals surface area contributed by atoms with Crippen LogP contribution in [0.1, 0.15) is 31.9 Å². The predicted molar refractivity (Wildman–Crippen MR) is 105 cm³/mol. The fourth-order valence-electron chi connectivity index (χ4n) is 4.32. The van der Waals surface area contributed by atoms with Gasteiger partial charge < -0.3 is 14.4 Å². The number of hydrogen-bond donors (Lipinski definition) is 0. The lowest BCUT2D eigenvalue weighted by Gasteiger charge is -2.47. The fraction of sp³-hybridized carbons (Fsp3) is 0.333. The second-order valence-corrected chi connectivity index (χ2v) is 7.34. The van der Waals surface area contributed by atoms with Gasteiger partial charge in [-0.15, -0.1) is 0 Å². The molecule has 2 aromatic carbocycles. The number of benzene rings is 2. The third kappa shape index (κ3) is 2.19. The van der Waals surface area contributed by atoms with Crippen molar-refractivity contribution < 1.29 is 14.4 Å². The van der Waals surface area contributed by atoms with Crippen LogP contribution in [0, 0.1) is 10.1 Å². The Labute approximate surface area is 158 Å². The highest BCUT2D eigenvalue weighted by atomic mass is 16.6. The highest BCUT2D eigenvalue weighted by Crippen LogP contribution is 2.56. The van der Waals surface area contributed by atoms with Crippen LogP contribution in [-0.4, -0.2) is 24.3 Å². The van der Waals surface area contributed by atoms with Crippen molar-refractivity contribution >= 4 is 17.5 Å². The van der Waals surface area contributed by atoms with Gasteiger partial charge in [-0.25, -0.2) is 0 Å². The van der Waals surface area contributed by atoms with E-state index >= 15 is 0 Å². The van der Waals surface area contributed by atoms with Crippen molar-refractivity contribution in [1.29, 1.82) is 0 Å². The van der Waals surface area contributed by atoms with Crippen molar-refractivity contribution in [2.75, 3.05) is 18.6 Å². The van der Waals surface area contributed by atoms with Crippen LogP contribution < -0.4 is 14.4 Å². The minimum Gasteiger partial charge on any atom is -0.493 e. The van der Waals surface area contributed by atoms with Crippen LogP contribution in [0.4, 0.5) is 11.4 Å². The van der Waals surface area contributed by atoms with Crippen LogP contribution in [0.15, 0.2) is 42.5 Å². The molecule has 4 rings (SSSR count). The SMILES string of the molecule is CCN1c2ccccc2C(C)(C)C12C=Cc1cc([N+](=O)[O-])cc(OC)c1O2. The minimum absolute atomic E-state index is 0.0175. The molecular formula is C21H22N2O4. The number of para-hydroxylation sites is 1. The maximum atomic E-state index is 11.2. The van der Waals surface area contributed by atoms with Crippen molar-refractivity contribution in [2.45, 2.75) is 31.9 Å². The summed E-state index contributed by atoms with van der Waals surface area (Å²) in [6.45, 7) is 7.18. The number of non-ortho nitro benzene ring substituents is 1. The third-order valence-corrected chi connectivity index (χ3v) is 5.73. The zero-order valence-corrected chi connectivity index (χ0v) is 15.9. The normalized spacial score (nSPS) is 21.6. The van der Waals surface area contributed by atoms with Crippen LogP contribution in [0.2, 0.25) is 0 Å². The monoisotopic (exact) mass is 366 g/mol. The minimum atomic E-state index is -0.734. The van der Waals surface area contributed by atoms with Gasteiger partial charge >= 0.3 is 0 Å². The van der Waals surface area contributed by atoms with Crippen molar-refractivity contribution in [3.8, 4) is 11.5 Å². The molecule has 0 fully saturated rings. The number of hydrogen-bond acceptors (Lipinski definition) is 5. The molecule has 2 aliphatic rings. The molecule has 0 aliphatic carbocycles. The Morgan fingerprint density at radius 3 is 2.67 bits per heavy atom. The fourth-order valence-corrected chi connectivity index (χ4v) is 4.32. The Morgan fingerprint density at radius 1 is 1.26 bits per heavy atom. The summed E-state index contributed by atoms with van der Waals surface area (Å²) in [5.74, 6) is 0.899. The van der Waals surface area contributed by atoms with Crippen LogP contribution in [-0.2, 0) is 5.41 Å². The van der Waals surface area contributed by atoms with Gasteiger partial charge in [-0.3, -0.25) is 10.1 Å². The van der Waals surface area contributed by atoms with Gasteiger partial charge in [0.25, 0.3) is 5.69 Å². The summed E-state index contributed by atoms with van der Waals surface area (Å²) < 4.78 is 12.1. The molecule has 0 aromatic heterocycles. The van der Waals surface area contributed by atoms with Gasteiger partial charge in [-0.2, -0.15) is 0 Å². The number of rotatable bonds is 3. The summed E-state index contributed by atoms with van der Waals surface area (Å²) in [5.41, 5.74) is 1.91. The van der Waals surface area contributed by atoms with E-state index in [0.717, 1.165) is 12.2 Å². The second kappa shape index (κ2) is 5.74. The predicted octanol–water partition coefficient (Wildman–Crippen LogP) is 4.52. The number of nitrogens with zero attached hydrogens (tertiary/aromatic N) is 2. The second-order valence-electron chi connectivity index (χ2n) is 7.34. The summed E-state index contributed by atoms with van der Waals surface area (Å²) in [7, 11) is 1.50. The van der Waals surface area contributed by atoms with E-state index in [9.17, 15) is 10.1 Å². The largest absolute Gasteiger partial charge is 0.493 e. The molecule has 0 saturated carbocycles. The molecule has 140 valence electrons. The van der Waals surface area contributed by atoms with Gasteiger partial charge in [0, 0.05) is 23.9 Å². The lowest BCUT2D eigenvalue weighted by atomic mass is 9.76. The Morgan fingerprint density at radius 2 is 2.00 bits per heavy atom. The number of ether oxygens (including phenoxy) is 2. The van der Waals surface area contributed by atoms with Crippen LogP contribution in [0.25, 0.3) is 6.08 Å². The van der Waals surface area contributed by atoms with E-state index in [0.29, 0.717) is 17.1 Å². The van der Waals surface area contributed by atoms with E-state index in [4.69, 9.17) is 9.47 Å². The van der Waals surface area contributed by atoms with Crippen LogP contribution in [0.5, 0.6) is 11.5 Å². The van der Waals surface area contributed by atoms with Crippen LogP contribution in [0.3, 0.4) is 0 Å². The number of anilines is 1. The molecule has 2 aromatic rings. The first-order valence-electron chi connectivity index (χ1n) is 8.97. The highest BCUT2D eigenvalue weighted by molar-refractivity contribution is 5.75. The number of fused-ring (bicyclic) bond motifs is 2. The molecular weight excluding hydrogens is 344 g/mol. The van der Waals surface area contributed by atoms with E-state index in [1.54, 1.807) is 0 Å². The standard InChI is InChI=1S/C21H22N2O4/c1-5-22-17-9-7-6-8-16(17)20(2,3)21(22)11-10-14-12-15(23(24)25)13-18(26-4)19(14)27-21/h6-13H,5H2,1-4H3. The molecule has 1 unspecified atom stereocenters. The number of nitro groups is 1. The lowest BCUT2D eigenvalue weighted by molar-refractivity contribution is -0.385. The van der Waals surface area contributed by atoms with Gasteiger partial charge in [0.1, 0.15) is 0 Å². The zero-order chi connectivity index (χ0) is 19.4. The third-order valence-electron chi connectivity index (χ3n) is 5.73. The van der Waals surface area contributed by atoms with Gasteiger partial charge in [0.2, 0.25) is 5.72 Å². The Hall–Kier alpha value is -3.02. The van der Waals surface area contributed by atoms with E-state index in [1.807, 2.05) is 24.3 Å². The maximum absolute atomic E-state index is 11.2.